The summed E-state index contributed by atoms with van der Waals surface area (Å²) in [5.74, 6) is 0.812. The smallest absolute Gasteiger partial charge is 0.338 e. The van der Waals surface area contributed by atoms with Gasteiger partial charge in [0.15, 0.2) is 0 Å². The lowest BCUT2D eigenvalue weighted by molar-refractivity contribution is 0.0526. The Balaban J connectivity index is 1.31. The monoisotopic (exact) mass is 471 g/mol. The molecule has 1 aliphatic rings. The van der Waals surface area contributed by atoms with Crippen molar-refractivity contribution in [1.29, 1.82) is 0 Å². The first-order valence-electron chi connectivity index (χ1n) is 11.6. The van der Waals surface area contributed by atoms with Crippen molar-refractivity contribution in [3.05, 3.63) is 54.1 Å². The Kier molecular flexibility index (Phi) is 9.54. The molecule has 1 atom stereocenters. The zero-order valence-corrected chi connectivity index (χ0v) is 19.4. The molecule has 1 aliphatic heterocycles. The first-order chi connectivity index (χ1) is 16.4. The van der Waals surface area contributed by atoms with E-state index in [-0.39, 0.29) is 24.4 Å². The van der Waals surface area contributed by atoms with Gasteiger partial charge in [0.25, 0.3) is 0 Å². The van der Waals surface area contributed by atoms with Gasteiger partial charge in [-0.1, -0.05) is 0 Å². The normalized spacial score (nSPS) is 14.9. The van der Waals surface area contributed by atoms with Crippen LogP contribution in [0, 0.1) is 5.92 Å². The number of rotatable bonds is 10. The second kappa shape index (κ2) is 12.8. The number of ether oxygens (including phenoxy) is 2. The number of carbonyl (C=O) groups is 2. The molecule has 1 heterocycles. The molecule has 3 rings (SSSR count). The summed E-state index contributed by atoms with van der Waals surface area (Å²) in [6.07, 6.45) is 1.11. The quantitative estimate of drug-likeness (QED) is 0.393. The van der Waals surface area contributed by atoms with Crippen molar-refractivity contribution in [3.63, 3.8) is 0 Å². The summed E-state index contributed by atoms with van der Waals surface area (Å²) in [6, 6.07) is 12.9. The molecule has 34 heavy (non-hydrogen) atoms. The van der Waals surface area contributed by atoms with E-state index in [0.29, 0.717) is 49.2 Å². The van der Waals surface area contributed by atoms with E-state index in [1.165, 1.54) is 12.1 Å². The highest BCUT2D eigenvalue weighted by atomic mass is 16.5. The van der Waals surface area contributed by atoms with Crippen molar-refractivity contribution >= 4 is 17.7 Å². The molecule has 0 spiro atoms. The molecule has 9 heteroatoms. The number of phenolic OH excluding ortho intramolecular Hbond substituents is 1. The van der Waals surface area contributed by atoms with E-state index in [4.69, 9.17) is 9.47 Å². The Morgan fingerprint density at radius 3 is 2.41 bits per heavy atom. The molecule has 0 radical (unpaired) electrons. The second-order valence-corrected chi connectivity index (χ2v) is 8.28. The van der Waals surface area contributed by atoms with Gasteiger partial charge in [-0.15, -0.1) is 0 Å². The summed E-state index contributed by atoms with van der Waals surface area (Å²) in [4.78, 5) is 26.1. The summed E-state index contributed by atoms with van der Waals surface area (Å²) in [5, 5.41) is 25.5. The largest absolute Gasteiger partial charge is 0.508 e. The maximum atomic E-state index is 12.6. The van der Waals surface area contributed by atoms with Crippen molar-refractivity contribution in [2.45, 2.75) is 25.9 Å². The highest BCUT2D eigenvalue weighted by molar-refractivity contribution is 5.92. The fourth-order valence-corrected chi connectivity index (χ4v) is 3.69. The van der Waals surface area contributed by atoms with Crippen LogP contribution in [-0.2, 0) is 4.74 Å². The van der Waals surface area contributed by atoms with Crippen LogP contribution in [0.25, 0.3) is 0 Å². The van der Waals surface area contributed by atoms with Crippen LogP contribution in [0.2, 0.25) is 0 Å². The van der Waals surface area contributed by atoms with Gasteiger partial charge in [0.2, 0.25) is 0 Å². The molecule has 0 aliphatic carbocycles. The molecule has 1 saturated heterocycles. The van der Waals surface area contributed by atoms with Crippen molar-refractivity contribution < 1.29 is 29.3 Å². The number of piperidine rings is 1. The van der Waals surface area contributed by atoms with Crippen LogP contribution < -0.4 is 15.4 Å². The molecule has 0 aromatic heterocycles. The number of urea groups is 1. The third-order valence-electron chi connectivity index (χ3n) is 5.64. The number of anilines is 1. The molecule has 2 aromatic carbocycles. The minimum Gasteiger partial charge on any atom is -0.508 e. The van der Waals surface area contributed by atoms with Crippen LogP contribution in [0.3, 0.4) is 0 Å². The highest BCUT2D eigenvalue weighted by Crippen LogP contribution is 2.19. The Morgan fingerprint density at radius 2 is 1.76 bits per heavy atom. The summed E-state index contributed by atoms with van der Waals surface area (Å²) < 4.78 is 10.5. The predicted octanol–water partition coefficient (Wildman–Crippen LogP) is 2.84. The van der Waals surface area contributed by atoms with Gasteiger partial charge in [-0.05, 0) is 80.8 Å². The van der Waals surface area contributed by atoms with Crippen LogP contribution in [0.4, 0.5) is 10.5 Å². The summed E-state index contributed by atoms with van der Waals surface area (Å²) in [6.45, 7) is 4.74. The third-order valence-corrected chi connectivity index (χ3v) is 5.64. The number of aromatic hydroxyl groups is 1. The predicted molar refractivity (Wildman–Crippen MR) is 128 cm³/mol. The SMILES string of the molecule is CCOC(=O)c1ccc(NC(=O)N2CCC(CNC[C@H](O)COc3ccc(O)cc3)CC2)cc1. The van der Waals surface area contributed by atoms with Crippen molar-refractivity contribution in [1.82, 2.24) is 10.2 Å². The third kappa shape index (κ3) is 7.93. The molecule has 0 bridgehead atoms. The number of benzene rings is 2. The molecular weight excluding hydrogens is 438 g/mol. The number of nitrogens with one attached hydrogen (secondary N) is 2. The Bertz CT molecular complexity index is 911. The molecule has 184 valence electrons. The lowest BCUT2D eigenvalue weighted by atomic mass is 9.97. The lowest BCUT2D eigenvalue weighted by Gasteiger charge is -2.32. The van der Waals surface area contributed by atoms with E-state index < -0.39 is 6.10 Å². The van der Waals surface area contributed by atoms with Crippen molar-refractivity contribution in [3.8, 4) is 11.5 Å². The summed E-state index contributed by atoms with van der Waals surface area (Å²) in [7, 11) is 0. The number of aliphatic hydroxyl groups excluding tert-OH is 1. The summed E-state index contributed by atoms with van der Waals surface area (Å²) >= 11 is 0. The van der Waals surface area contributed by atoms with E-state index in [0.717, 1.165) is 19.4 Å². The first-order valence-corrected chi connectivity index (χ1v) is 11.6. The second-order valence-electron chi connectivity index (χ2n) is 8.28. The van der Waals surface area contributed by atoms with Gasteiger partial charge in [-0.2, -0.15) is 0 Å². The number of aliphatic hydroxyl groups is 1. The first kappa shape index (κ1) is 25.3. The van der Waals surface area contributed by atoms with Gasteiger partial charge in [0.05, 0.1) is 12.2 Å². The van der Waals surface area contributed by atoms with E-state index in [2.05, 4.69) is 10.6 Å². The molecule has 0 unspecified atom stereocenters. The van der Waals surface area contributed by atoms with Gasteiger partial charge >= 0.3 is 12.0 Å². The van der Waals surface area contributed by atoms with Crippen molar-refractivity contribution in [2.75, 3.05) is 44.7 Å². The van der Waals surface area contributed by atoms with E-state index >= 15 is 0 Å². The Hall–Kier alpha value is -3.30. The highest BCUT2D eigenvalue weighted by Gasteiger charge is 2.23. The molecule has 4 N–H and O–H groups in total. The van der Waals surface area contributed by atoms with Gasteiger partial charge in [-0.3, -0.25) is 0 Å². The van der Waals surface area contributed by atoms with Gasteiger partial charge in [-0.25, -0.2) is 9.59 Å². The van der Waals surface area contributed by atoms with Gasteiger partial charge in [0, 0.05) is 25.3 Å². The van der Waals surface area contributed by atoms with Gasteiger partial charge in [0.1, 0.15) is 24.2 Å². The lowest BCUT2D eigenvalue weighted by Crippen LogP contribution is -2.43. The minimum atomic E-state index is -0.644. The maximum absolute atomic E-state index is 12.6. The Morgan fingerprint density at radius 1 is 1.09 bits per heavy atom. The number of phenols is 1. The number of likely N-dealkylation sites (tertiary alicyclic amines) is 1. The van der Waals surface area contributed by atoms with Crippen LogP contribution in [-0.4, -0.2) is 72.6 Å². The number of hydrogen-bond acceptors (Lipinski definition) is 7. The molecule has 2 amide bonds. The number of carbonyl (C=O) groups excluding carboxylic acids is 2. The zero-order valence-electron chi connectivity index (χ0n) is 19.4. The molecule has 2 aromatic rings. The Labute approximate surface area is 199 Å². The molecule has 1 fully saturated rings. The van der Waals surface area contributed by atoms with Crippen LogP contribution in [0.5, 0.6) is 11.5 Å². The summed E-state index contributed by atoms with van der Waals surface area (Å²) in [5.41, 5.74) is 1.08. The fourth-order valence-electron chi connectivity index (χ4n) is 3.69. The number of hydrogen-bond donors (Lipinski definition) is 4. The minimum absolute atomic E-state index is 0.155. The van der Waals surface area contributed by atoms with Crippen molar-refractivity contribution in [2.24, 2.45) is 5.92 Å². The van der Waals surface area contributed by atoms with E-state index in [9.17, 15) is 19.8 Å². The number of esters is 1. The number of nitrogens with zero attached hydrogens (tertiary/aromatic N) is 1. The average molecular weight is 472 g/mol. The van der Waals surface area contributed by atoms with E-state index in [1.54, 1.807) is 48.2 Å². The molecular formula is C25H33N3O6. The fraction of sp³-hybridized carbons (Fsp3) is 0.440. The van der Waals surface area contributed by atoms with Crippen LogP contribution in [0.1, 0.15) is 30.1 Å². The van der Waals surface area contributed by atoms with Crippen LogP contribution in [0.15, 0.2) is 48.5 Å². The standard InChI is InChI=1S/C25H33N3O6/c1-2-33-24(31)19-3-5-20(6-4-19)27-25(32)28-13-11-18(12-14-28)15-26-16-22(30)17-34-23-9-7-21(29)8-10-23/h3-10,18,22,26,29-30H,2,11-17H2,1H3,(H,27,32)/t22-/m0/s1. The topological polar surface area (TPSA) is 120 Å². The molecule has 9 nitrogen and oxygen atoms in total. The van der Waals surface area contributed by atoms with E-state index in [1.807, 2.05) is 0 Å². The zero-order chi connectivity index (χ0) is 24.3. The van der Waals surface area contributed by atoms with Gasteiger partial charge < -0.3 is 35.2 Å². The maximum Gasteiger partial charge on any atom is 0.338 e. The van der Waals surface area contributed by atoms with Crippen LogP contribution >= 0.6 is 0 Å². The number of amides is 2. The molecule has 0 saturated carbocycles. The average Bonchev–Trinajstić information content (AvgIpc) is 2.84.